The summed E-state index contributed by atoms with van der Waals surface area (Å²) in [7, 11) is 1.40. The number of halogens is 1. The van der Waals surface area contributed by atoms with Gasteiger partial charge in [-0.2, -0.15) is 0 Å². The average molecular weight is 152 g/mol. The lowest BCUT2D eigenvalue weighted by atomic mass is 10.3. The monoisotopic (exact) mass is 151 g/mol. The number of hydrogen-bond donors (Lipinski definition) is 1. The molecule has 9 heavy (non-hydrogen) atoms. The molecule has 0 unspecified atom stereocenters. The summed E-state index contributed by atoms with van der Waals surface area (Å²) in [6, 6.07) is 0. The molecule has 0 aliphatic carbocycles. The van der Waals surface area contributed by atoms with Crippen molar-refractivity contribution in [2.75, 3.05) is 13.0 Å². The first-order valence-electron chi connectivity index (χ1n) is 2.69. The van der Waals surface area contributed by atoms with Gasteiger partial charge in [0, 0.05) is 12.3 Å². The Morgan fingerprint density at radius 3 is 2.89 bits per heavy atom. The normalized spacial score (nSPS) is 9.11. The first-order chi connectivity index (χ1) is 4.31. The van der Waals surface area contributed by atoms with Crippen LogP contribution in [0.5, 0.6) is 0 Å². The Labute approximate surface area is 59.3 Å². The molecule has 4 heteroatoms. The number of rotatable bonds is 4. The highest BCUT2D eigenvalue weighted by Gasteiger charge is 1.96. The molecule has 0 saturated carbocycles. The van der Waals surface area contributed by atoms with Gasteiger partial charge in [0.25, 0.3) is 0 Å². The molecule has 0 fully saturated rings. The number of amides is 1. The Kier molecular flexibility index (Phi) is 5.67. The second kappa shape index (κ2) is 5.85. The summed E-state index contributed by atoms with van der Waals surface area (Å²) in [5.74, 6) is 0.384. The zero-order valence-corrected chi connectivity index (χ0v) is 6.07. The molecule has 0 saturated heterocycles. The molecule has 0 aliphatic rings. The fourth-order valence-electron chi connectivity index (χ4n) is 0.392. The summed E-state index contributed by atoms with van der Waals surface area (Å²) in [6.07, 6.45) is 1.12. The van der Waals surface area contributed by atoms with E-state index in [0.717, 1.165) is 0 Å². The second-order valence-corrected chi connectivity index (χ2v) is 1.90. The molecule has 3 nitrogen and oxygen atoms in total. The molecule has 1 N–H and O–H groups in total. The van der Waals surface area contributed by atoms with E-state index in [1.807, 2.05) is 0 Å². The fourth-order valence-corrected chi connectivity index (χ4v) is 0.526. The third-order valence-corrected chi connectivity index (χ3v) is 1.02. The van der Waals surface area contributed by atoms with Crippen LogP contribution in [0.1, 0.15) is 12.8 Å². The largest absolute Gasteiger partial charge is 0.277 e. The maximum Gasteiger partial charge on any atom is 0.243 e. The van der Waals surface area contributed by atoms with Crippen molar-refractivity contribution in [2.24, 2.45) is 0 Å². The van der Waals surface area contributed by atoms with Gasteiger partial charge < -0.3 is 0 Å². The van der Waals surface area contributed by atoms with E-state index in [-0.39, 0.29) is 5.91 Å². The minimum absolute atomic E-state index is 0.127. The molecular formula is C5H10ClNO2. The Morgan fingerprint density at radius 1 is 1.78 bits per heavy atom. The summed E-state index contributed by atoms with van der Waals surface area (Å²) in [6.45, 7) is 0. The van der Waals surface area contributed by atoms with Crippen LogP contribution in [0.2, 0.25) is 0 Å². The van der Waals surface area contributed by atoms with Crippen molar-refractivity contribution in [3.63, 3.8) is 0 Å². The molecule has 0 aromatic rings. The van der Waals surface area contributed by atoms with E-state index < -0.39 is 0 Å². The van der Waals surface area contributed by atoms with Gasteiger partial charge in [0.05, 0.1) is 7.11 Å². The quantitative estimate of drug-likeness (QED) is 0.474. The van der Waals surface area contributed by atoms with Crippen molar-refractivity contribution in [3.05, 3.63) is 0 Å². The van der Waals surface area contributed by atoms with E-state index in [0.29, 0.717) is 18.7 Å². The van der Waals surface area contributed by atoms with Crippen molar-refractivity contribution >= 4 is 17.5 Å². The Bertz CT molecular complexity index is 87.0. The lowest BCUT2D eigenvalue weighted by molar-refractivity contribution is -0.131. The number of hydrogen-bond acceptors (Lipinski definition) is 2. The number of hydroxylamine groups is 1. The summed E-state index contributed by atoms with van der Waals surface area (Å²) in [5, 5.41) is 0. The van der Waals surface area contributed by atoms with Crippen LogP contribution in [0, 0.1) is 0 Å². The van der Waals surface area contributed by atoms with E-state index in [9.17, 15) is 4.79 Å². The van der Waals surface area contributed by atoms with Gasteiger partial charge in [-0.15, -0.1) is 11.6 Å². The fraction of sp³-hybridized carbons (Fsp3) is 0.800. The highest BCUT2D eigenvalue weighted by Crippen LogP contribution is 1.90. The molecule has 0 rings (SSSR count). The maximum atomic E-state index is 10.5. The molecule has 0 aliphatic heterocycles. The molecule has 0 atom stereocenters. The van der Waals surface area contributed by atoms with E-state index in [2.05, 4.69) is 10.3 Å². The highest BCUT2D eigenvalue weighted by atomic mass is 35.5. The predicted molar refractivity (Wildman–Crippen MR) is 35.1 cm³/mol. The lowest BCUT2D eigenvalue weighted by Crippen LogP contribution is -2.21. The first-order valence-corrected chi connectivity index (χ1v) is 3.22. The van der Waals surface area contributed by atoms with Crippen molar-refractivity contribution in [1.29, 1.82) is 0 Å². The number of carbonyl (C=O) groups is 1. The molecular weight excluding hydrogens is 142 g/mol. The third kappa shape index (κ3) is 5.59. The van der Waals surface area contributed by atoms with Crippen molar-refractivity contribution in [1.82, 2.24) is 5.48 Å². The van der Waals surface area contributed by atoms with Gasteiger partial charge >= 0.3 is 0 Å². The van der Waals surface area contributed by atoms with Gasteiger partial charge in [-0.1, -0.05) is 0 Å². The Hall–Kier alpha value is -0.280. The van der Waals surface area contributed by atoms with Crippen LogP contribution in [0.4, 0.5) is 0 Å². The third-order valence-electron chi connectivity index (χ3n) is 0.753. The maximum absolute atomic E-state index is 10.5. The molecule has 0 aromatic carbocycles. The highest BCUT2D eigenvalue weighted by molar-refractivity contribution is 6.17. The molecule has 1 amide bonds. The summed E-state index contributed by atoms with van der Waals surface area (Å²) < 4.78 is 0. The zero-order chi connectivity index (χ0) is 7.11. The van der Waals surface area contributed by atoms with Crippen LogP contribution in [-0.2, 0) is 9.63 Å². The van der Waals surface area contributed by atoms with E-state index in [4.69, 9.17) is 11.6 Å². The van der Waals surface area contributed by atoms with Gasteiger partial charge in [-0.25, -0.2) is 5.48 Å². The number of carbonyl (C=O) groups excluding carboxylic acids is 1. The lowest BCUT2D eigenvalue weighted by Gasteiger charge is -1.97. The minimum atomic E-state index is -0.127. The van der Waals surface area contributed by atoms with Crippen molar-refractivity contribution in [3.8, 4) is 0 Å². The Balaban J connectivity index is 3.06. The number of nitrogens with one attached hydrogen (secondary N) is 1. The Morgan fingerprint density at radius 2 is 2.44 bits per heavy atom. The predicted octanol–water partition coefficient (Wildman–Crippen LogP) is 0.683. The van der Waals surface area contributed by atoms with Crippen molar-refractivity contribution in [2.45, 2.75) is 12.8 Å². The van der Waals surface area contributed by atoms with Gasteiger partial charge in [-0.3, -0.25) is 9.63 Å². The smallest absolute Gasteiger partial charge is 0.243 e. The average Bonchev–Trinajstić information content (AvgIpc) is 1.85. The molecule has 0 heterocycles. The summed E-state index contributed by atoms with van der Waals surface area (Å²) >= 11 is 5.32. The summed E-state index contributed by atoms with van der Waals surface area (Å²) in [4.78, 5) is 14.9. The first kappa shape index (κ1) is 8.72. The van der Waals surface area contributed by atoms with E-state index in [1.165, 1.54) is 7.11 Å². The molecule has 0 aromatic heterocycles. The standard InChI is InChI=1S/C5H10ClNO2/c1-9-7-5(8)3-2-4-6/h2-4H2,1H3,(H,7,8). The van der Waals surface area contributed by atoms with Crippen LogP contribution in [0.15, 0.2) is 0 Å². The van der Waals surface area contributed by atoms with Crippen molar-refractivity contribution < 1.29 is 9.63 Å². The topological polar surface area (TPSA) is 38.3 Å². The van der Waals surface area contributed by atoms with Crippen LogP contribution in [0.3, 0.4) is 0 Å². The molecule has 0 spiro atoms. The summed E-state index contributed by atoms with van der Waals surface area (Å²) in [5.41, 5.74) is 2.18. The van der Waals surface area contributed by atoms with Gasteiger partial charge in [0.1, 0.15) is 0 Å². The zero-order valence-electron chi connectivity index (χ0n) is 5.32. The number of alkyl halides is 1. The minimum Gasteiger partial charge on any atom is -0.277 e. The second-order valence-electron chi connectivity index (χ2n) is 1.52. The van der Waals surface area contributed by atoms with Crippen LogP contribution in [0.25, 0.3) is 0 Å². The molecule has 0 radical (unpaired) electrons. The van der Waals surface area contributed by atoms with Gasteiger partial charge in [0.15, 0.2) is 0 Å². The molecule has 0 bridgehead atoms. The SMILES string of the molecule is CONC(=O)CCCCl. The van der Waals surface area contributed by atoms with Crippen LogP contribution in [-0.4, -0.2) is 18.9 Å². The van der Waals surface area contributed by atoms with Gasteiger partial charge in [0.2, 0.25) is 5.91 Å². The van der Waals surface area contributed by atoms with E-state index in [1.54, 1.807) is 0 Å². The van der Waals surface area contributed by atoms with Crippen LogP contribution < -0.4 is 5.48 Å². The van der Waals surface area contributed by atoms with Crippen LogP contribution >= 0.6 is 11.6 Å². The molecule has 54 valence electrons. The van der Waals surface area contributed by atoms with Gasteiger partial charge in [-0.05, 0) is 6.42 Å². The van der Waals surface area contributed by atoms with E-state index >= 15 is 0 Å².